The first kappa shape index (κ1) is 22.9. The van der Waals surface area contributed by atoms with Crippen LogP contribution < -0.4 is 24.4 Å². The number of carbonyl (C=O) groups excluding carboxylic acids is 2. The standard InChI is InChI=1S/C27H26N2O5/c1-4-33-22-16-10-7-13-19(22)28-25-24(18-12-6-9-15-21(18)32-3)26(30)29(27(25)31)20-14-8-11-17-23(20)34-5-2/h6-17,28H,4-5H2,1-3H3. The van der Waals surface area contributed by atoms with Crippen LogP contribution in [0.1, 0.15) is 19.4 Å². The fraction of sp³-hybridized carbons (Fsp3) is 0.185. The van der Waals surface area contributed by atoms with Crippen molar-refractivity contribution in [2.45, 2.75) is 13.8 Å². The molecule has 0 aromatic heterocycles. The van der Waals surface area contributed by atoms with Crippen LogP contribution in [-0.4, -0.2) is 32.1 Å². The highest BCUT2D eigenvalue weighted by Crippen LogP contribution is 2.40. The average molecular weight is 459 g/mol. The lowest BCUT2D eigenvalue weighted by molar-refractivity contribution is -0.120. The first-order valence-corrected chi connectivity index (χ1v) is 11.1. The maximum absolute atomic E-state index is 13.8. The molecule has 1 aliphatic rings. The van der Waals surface area contributed by atoms with Gasteiger partial charge in [0.1, 0.15) is 22.9 Å². The number of para-hydroxylation sites is 5. The minimum atomic E-state index is -0.496. The van der Waals surface area contributed by atoms with Gasteiger partial charge in [0, 0.05) is 5.56 Å². The number of amides is 2. The third-order valence-electron chi connectivity index (χ3n) is 5.31. The quantitative estimate of drug-likeness (QED) is 0.460. The summed E-state index contributed by atoms with van der Waals surface area (Å²) in [5.74, 6) is 0.533. The normalized spacial score (nSPS) is 13.3. The number of anilines is 2. The van der Waals surface area contributed by atoms with E-state index in [2.05, 4.69) is 5.32 Å². The van der Waals surface area contributed by atoms with Gasteiger partial charge in [-0.2, -0.15) is 0 Å². The maximum atomic E-state index is 13.8. The highest BCUT2D eigenvalue weighted by atomic mass is 16.5. The number of ether oxygens (including phenoxy) is 3. The van der Waals surface area contributed by atoms with Gasteiger partial charge in [0.05, 0.1) is 37.3 Å². The third kappa shape index (κ3) is 4.20. The first-order valence-electron chi connectivity index (χ1n) is 11.1. The van der Waals surface area contributed by atoms with Crippen molar-refractivity contribution in [3.63, 3.8) is 0 Å². The van der Waals surface area contributed by atoms with Crippen molar-refractivity contribution in [1.29, 1.82) is 0 Å². The number of hydrogen-bond acceptors (Lipinski definition) is 6. The molecule has 2 amide bonds. The van der Waals surface area contributed by atoms with Crippen molar-refractivity contribution in [3.8, 4) is 17.2 Å². The predicted octanol–water partition coefficient (Wildman–Crippen LogP) is 4.89. The SMILES string of the molecule is CCOc1ccccc1NC1=C(c2ccccc2OC)C(=O)N(c2ccccc2OCC)C1=O. The van der Waals surface area contributed by atoms with E-state index in [1.807, 2.05) is 32.0 Å². The van der Waals surface area contributed by atoms with Crippen LogP contribution in [0.5, 0.6) is 17.2 Å². The van der Waals surface area contributed by atoms with Crippen molar-refractivity contribution < 1.29 is 23.8 Å². The summed E-state index contributed by atoms with van der Waals surface area (Å²) < 4.78 is 16.9. The highest BCUT2D eigenvalue weighted by molar-refractivity contribution is 6.46. The molecule has 0 aliphatic carbocycles. The summed E-state index contributed by atoms with van der Waals surface area (Å²) in [5, 5.41) is 3.17. The molecule has 1 N–H and O–H groups in total. The van der Waals surface area contributed by atoms with Crippen molar-refractivity contribution in [2.75, 3.05) is 30.5 Å². The molecule has 7 heteroatoms. The number of methoxy groups -OCH3 is 1. The number of nitrogens with one attached hydrogen (secondary N) is 1. The second-order valence-electron chi connectivity index (χ2n) is 7.35. The van der Waals surface area contributed by atoms with E-state index in [1.54, 1.807) is 54.6 Å². The summed E-state index contributed by atoms with van der Waals surface area (Å²) in [6.07, 6.45) is 0. The Morgan fingerprint density at radius 1 is 0.735 bits per heavy atom. The van der Waals surface area contributed by atoms with Crippen molar-refractivity contribution >= 4 is 28.8 Å². The molecule has 7 nitrogen and oxygen atoms in total. The van der Waals surface area contributed by atoms with Crippen LogP contribution in [-0.2, 0) is 9.59 Å². The summed E-state index contributed by atoms with van der Waals surface area (Å²) in [5.41, 5.74) is 1.80. The van der Waals surface area contributed by atoms with Crippen LogP contribution in [0.25, 0.3) is 5.57 Å². The topological polar surface area (TPSA) is 77.1 Å². The lowest BCUT2D eigenvalue weighted by Crippen LogP contribution is -2.32. The molecule has 174 valence electrons. The Balaban J connectivity index is 1.88. The van der Waals surface area contributed by atoms with Crippen molar-refractivity contribution in [1.82, 2.24) is 0 Å². The molecule has 1 aliphatic heterocycles. The summed E-state index contributed by atoms with van der Waals surface area (Å²) in [7, 11) is 1.53. The van der Waals surface area contributed by atoms with Gasteiger partial charge in [-0.05, 0) is 44.2 Å². The lowest BCUT2D eigenvalue weighted by Gasteiger charge is -2.19. The fourth-order valence-electron chi connectivity index (χ4n) is 3.87. The predicted molar refractivity (Wildman–Crippen MR) is 131 cm³/mol. The molecule has 1 heterocycles. The smallest absolute Gasteiger partial charge is 0.282 e. The minimum Gasteiger partial charge on any atom is -0.496 e. The van der Waals surface area contributed by atoms with Crippen molar-refractivity contribution in [3.05, 3.63) is 84.1 Å². The Hall–Kier alpha value is -4.26. The lowest BCUT2D eigenvalue weighted by atomic mass is 10.0. The van der Waals surface area contributed by atoms with Crippen LogP contribution in [0.2, 0.25) is 0 Å². The van der Waals surface area contributed by atoms with Gasteiger partial charge in [0.2, 0.25) is 0 Å². The van der Waals surface area contributed by atoms with Gasteiger partial charge < -0.3 is 19.5 Å². The third-order valence-corrected chi connectivity index (χ3v) is 5.31. The number of hydrogen-bond donors (Lipinski definition) is 1. The van der Waals surface area contributed by atoms with E-state index in [0.717, 1.165) is 4.90 Å². The van der Waals surface area contributed by atoms with Gasteiger partial charge >= 0.3 is 0 Å². The van der Waals surface area contributed by atoms with E-state index in [9.17, 15) is 9.59 Å². The molecular weight excluding hydrogens is 432 g/mol. The summed E-state index contributed by atoms with van der Waals surface area (Å²) >= 11 is 0. The molecule has 34 heavy (non-hydrogen) atoms. The number of nitrogens with zero attached hydrogens (tertiary/aromatic N) is 1. The Morgan fingerprint density at radius 2 is 1.32 bits per heavy atom. The number of rotatable bonds is 9. The van der Waals surface area contributed by atoms with E-state index >= 15 is 0 Å². The molecule has 4 rings (SSSR count). The zero-order valence-corrected chi connectivity index (χ0v) is 19.3. The molecule has 3 aromatic carbocycles. The number of carbonyl (C=O) groups is 2. The molecule has 0 atom stereocenters. The summed E-state index contributed by atoms with van der Waals surface area (Å²) in [6.45, 7) is 4.58. The molecule has 0 saturated heterocycles. The van der Waals surface area contributed by atoms with E-state index in [4.69, 9.17) is 14.2 Å². The van der Waals surface area contributed by atoms with E-state index in [-0.39, 0.29) is 11.3 Å². The molecule has 3 aromatic rings. The van der Waals surface area contributed by atoms with Crippen LogP contribution in [0.15, 0.2) is 78.5 Å². The Kier molecular flexibility index (Phi) is 6.82. The summed E-state index contributed by atoms with van der Waals surface area (Å²) in [4.78, 5) is 28.7. The van der Waals surface area contributed by atoms with Gasteiger partial charge in [-0.3, -0.25) is 9.59 Å². The van der Waals surface area contributed by atoms with Gasteiger partial charge in [-0.15, -0.1) is 0 Å². The average Bonchev–Trinajstić information content (AvgIpc) is 3.10. The zero-order chi connectivity index (χ0) is 24.1. The Bertz CT molecular complexity index is 1250. The van der Waals surface area contributed by atoms with E-state index in [1.165, 1.54) is 7.11 Å². The monoisotopic (exact) mass is 458 g/mol. The van der Waals surface area contributed by atoms with Gasteiger partial charge in [-0.25, -0.2) is 4.90 Å². The second-order valence-corrected chi connectivity index (χ2v) is 7.35. The Labute approximate surface area is 198 Å². The molecule has 0 spiro atoms. The molecular formula is C27H26N2O5. The van der Waals surface area contributed by atoms with Crippen LogP contribution >= 0.6 is 0 Å². The second kappa shape index (κ2) is 10.1. The maximum Gasteiger partial charge on any atom is 0.282 e. The molecule has 0 unspecified atom stereocenters. The molecule has 0 saturated carbocycles. The number of benzene rings is 3. The zero-order valence-electron chi connectivity index (χ0n) is 19.3. The van der Waals surface area contributed by atoms with Crippen LogP contribution in [0.3, 0.4) is 0 Å². The molecule has 0 bridgehead atoms. The van der Waals surface area contributed by atoms with Gasteiger partial charge in [0.25, 0.3) is 11.8 Å². The fourth-order valence-corrected chi connectivity index (χ4v) is 3.87. The highest BCUT2D eigenvalue weighted by Gasteiger charge is 2.42. The van der Waals surface area contributed by atoms with Crippen molar-refractivity contribution in [2.24, 2.45) is 0 Å². The number of imide groups is 1. The van der Waals surface area contributed by atoms with Crippen LogP contribution in [0.4, 0.5) is 11.4 Å². The van der Waals surface area contributed by atoms with Gasteiger partial charge in [0.15, 0.2) is 0 Å². The van der Waals surface area contributed by atoms with E-state index in [0.29, 0.717) is 47.4 Å². The van der Waals surface area contributed by atoms with Crippen LogP contribution in [0, 0.1) is 0 Å². The molecule has 0 fully saturated rings. The molecule has 0 radical (unpaired) electrons. The van der Waals surface area contributed by atoms with Gasteiger partial charge in [-0.1, -0.05) is 42.5 Å². The summed E-state index contributed by atoms with van der Waals surface area (Å²) in [6, 6.07) is 21.4. The largest absolute Gasteiger partial charge is 0.496 e. The minimum absolute atomic E-state index is 0.132. The Morgan fingerprint density at radius 3 is 2.03 bits per heavy atom. The van der Waals surface area contributed by atoms with E-state index < -0.39 is 11.8 Å². The first-order chi connectivity index (χ1) is 16.6.